The molecule has 3 aromatic carbocycles. The lowest BCUT2D eigenvalue weighted by Crippen LogP contribution is -2.67. The number of benzene rings is 3. The van der Waals surface area contributed by atoms with Crippen molar-refractivity contribution in [2.75, 3.05) is 13.1 Å². The number of rotatable bonds is 8. The number of ether oxygens (including phenoxy) is 2. The first kappa shape index (κ1) is 29.6. The van der Waals surface area contributed by atoms with Gasteiger partial charge in [-0.1, -0.05) is 112 Å². The molecule has 5 rings (SSSR count). The fourth-order valence-electron chi connectivity index (χ4n) is 6.48. The number of hydrogen-bond acceptors (Lipinski definition) is 4. The van der Waals surface area contributed by atoms with Crippen LogP contribution in [-0.2, 0) is 20.5 Å². The maximum Gasteiger partial charge on any atom is 0.410 e. The Morgan fingerprint density at radius 1 is 0.707 bits per heavy atom. The van der Waals surface area contributed by atoms with E-state index in [1.807, 2.05) is 35.2 Å². The summed E-state index contributed by atoms with van der Waals surface area (Å²) >= 11 is 0. The van der Waals surface area contributed by atoms with Gasteiger partial charge in [-0.25, -0.2) is 4.79 Å². The number of amides is 1. The van der Waals surface area contributed by atoms with Crippen molar-refractivity contribution >= 4 is 24.8 Å². The zero-order valence-corrected chi connectivity index (χ0v) is 25.8. The topological polar surface area (TPSA) is 48.0 Å². The Bertz CT molecular complexity index is 1180. The van der Waals surface area contributed by atoms with Crippen LogP contribution >= 0.6 is 0 Å². The van der Waals surface area contributed by atoms with Crippen molar-refractivity contribution in [2.45, 2.75) is 89.3 Å². The molecule has 218 valence electrons. The Morgan fingerprint density at radius 2 is 1.17 bits per heavy atom. The van der Waals surface area contributed by atoms with Crippen molar-refractivity contribution in [3.8, 4) is 0 Å². The molecular weight excluding hydrogens is 526 g/mol. The Kier molecular flexibility index (Phi) is 9.63. The summed E-state index contributed by atoms with van der Waals surface area (Å²) in [6.45, 7) is 8.72. The van der Waals surface area contributed by atoms with E-state index in [-0.39, 0.29) is 29.4 Å². The molecule has 1 saturated heterocycles. The van der Waals surface area contributed by atoms with E-state index in [0.717, 1.165) is 44.1 Å². The summed E-state index contributed by atoms with van der Waals surface area (Å²) in [5.41, 5.74) is 1.01. The van der Waals surface area contributed by atoms with Crippen LogP contribution in [0.25, 0.3) is 0 Å². The van der Waals surface area contributed by atoms with E-state index >= 15 is 0 Å². The third-order valence-corrected chi connectivity index (χ3v) is 13.8. The molecule has 0 bridgehead atoms. The van der Waals surface area contributed by atoms with Crippen molar-refractivity contribution in [3.05, 3.63) is 96.6 Å². The first-order chi connectivity index (χ1) is 19.8. The number of likely N-dealkylation sites (tertiary alicyclic amines) is 1. The summed E-state index contributed by atoms with van der Waals surface area (Å²) in [7, 11) is -2.54. The summed E-state index contributed by atoms with van der Waals surface area (Å²) in [6, 6.07) is 31.7. The Hall–Kier alpha value is -2.93. The lowest BCUT2D eigenvalue weighted by atomic mass is 9.94. The SMILES string of the molecule is CC(C)(C)[Si](OC1CCC(OC2CCN(C(=O)OCc3ccccc3)CC2)CC1)(c1ccccc1)c1ccccc1. The second-order valence-corrected chi connectivity index (χ2v) is 16.8. The van der Waals surface area contributed by atoms with Crippen LogP contribution in [0, 0.1) is 0 Å². The van der Waals surface area contributed by atoms with Crippen LogP contribution in [0.15, 0.2) is 91.0 Å². The average molecular weight is 572 g/mol. The normalized spacial score (nSPS) is 20.5. The summed E-state index contributed by atoms with van der Waals surface area (Å²) in [5, 5.41) is 2.66. The Balaban J connectivity index is 1.14. The highest BCUT2D eigenvalue weighted by Gasteiger charge is 2.51. The molecule has 0 spiro atoms. The highest BCUT2D eigenvalue weighted by atomic mass is 28.4. The molecule has 2 aliphatic rings. The molecule has 0 atom stereocenters. The van der Waals surface area contributed by atoms with Gasteiger partial charge in [0, 0.05) is 19.2 Å². The molecule has 6 heteroatoms. The minimum Gasteiger partial charge on any atom is -0.445 e. The highest BCUT2D eigenvalue weighted by Crippen LogP contribution is 2.39. The quantitative estimate of drug-likeness (QED) is 0.283. The van der Waals surface area contributed by atoms with Gasteiger partial charge in [-0.2, -0.15) is 0 Å². The maximum atomic E-state index is 12.5. The zero-order chi connectivity index (χ0) is 28.7. The fraction of sp³-hybridized carbons (Fsp3) is 0.457. The van der Waals surface area contributed by atoms with Crippen LogP contribution in [0.4, 0.5) is 4.79 Å². The molecule has 0 unspecified atom stereocenters. The number of piperidine rings is 1. The summed E-state index contributed by atoms with van der Waals surface area (Å²) in [6.07, 6.45) is 6.24. The van der Waals surface area contributed by atoms with Gasteiger partial charge >= 0.3 is 6.09 Å². The van der Waals surface area contributed by atoms with E-state index < -0.39 is 8.32 Å². The summed E-state index contributed by atoms with van der Waals surface area (Å²) in [4.78, 5) is 14.4. The van der Waals surface area contributed by atoms with Gasteiger partial charge in [0.25, 0.3) is 8.32 Å². The molecule has 1 aliphatic carbocycles. The van der Waals surface area contributed by atoms with E-state index in [0.29, 0.717) is 19.7 Å². The van der Waals surface area contributed by atoms with Gasteiger partial charge in [0.15, 0.2) is 0 Å². The van der Waals surface area contributed by atoms with Crippen LogP contribution in [0.5, 0.6) is 0 Å². The molecule has 0 N–H and O–H groups in total. The standard InChI is InChI=1S/C35H45NO4Si/c1-35(2,3)41(32-15-9-5-10-16-32,33-17-11-6-12-18-33)40-31-21-19-29(20-22-31)39-30-23-25-36(26-24-30)34(37)38-27-28-13-7-4-8-14-28/h4-18,29-31H,19-27H2,1-3H3. The van der Waals surface area contributed by atoms with Crippen molar-refractivity contribution in [1.82, 2.24) is 4.90 Å². The molecule has 3 aromatic rings. The summed E-state index contributed by atoms with van der Waals surface area (Å²) < 4.78 is 19.5. The number of carbonyl (C=O) groups excluding carboxylic acids is 1. The van der Waals surface area contributed by atoms with Crippen LogP contribution < -0.4 is 10.4 Å². The van der Waals surface area contributed by atoms with Gasteiger partial charge in [-0.05, 0) is 59.5 Å². The van der Waals surface area contributed by atoms with E-state index in [4.69, 9.17) is 13.9 Å². The minimum absolute atomic E-state index is 0.0146. The van der Waals surface area contributed by atoms with E-state index in [2.05, 4.69) is 81.4 Å². The van der Waals surface area contributed by atoms with Gasteiger partial charge in [0.2, 0.25) is 0 Å². The molecule has 2 fully saturated rings. The lowest BCUT2D eigenvalue weighted by Gasteiger charge is -2.46. The highest BCUT2D eigenvalue weighted by molar-refractivity contribution is 6.99. The van der Waals surface area contributed by atoms with Crippen LogP contribution in [0.2, 0.25) is 5.04 Å². The van der Waals surface area contributed by atoms with Crippen LogP contribution in [0.3, 0.4) is 0 Å². The molecule has 0 radical (unpaired) electrons. The smallest absolute Gasteiger partial charge is 0.410 e. The molecule has 0 aromatic heterocycles. The van der Waals surface area contributed by atoms with Crippen LogP contribution in [-0.4, -0.2) is 50.7 Å². The second kappa shape index (κ2) is 13.4. The predicted octanol–water partition coefficient (Wildman–Crippen LogP) is 6.69. The predicted molar refractivity (Wildman–Crippen MR) is 167 cm³/mol. The van der Waals surface area contributed by atoms with Crippen molar-refractivity contribution in [3.63, 3.8) is 0 Å². The number of nitrogens with zero attached hydrogens (tertiary/aromatic N) is 1. The molecule has 1 amide bonds. The average Bonchev–Trinajstić information content (AvgIpc) is 3.00. The van der Waals surface area contributed by atoms with Gasteiger partial charge in [-0.3, -0.25) is 0 Å². The fourth-order valence-corrected chi connectivity index (χ4v) is 11.2. The van der Waals surface area contributed by atoms with Crippen LogP contribution in [0.1, 0.15) is 64.9 Å². The first-order valence-corrected chi connectivity index (χ1v) is 17.2. The Morgan fingerprint density at radius 3 is 1.68 bits per heavy atom. The molecule has 1 aliphatic heterocycles. The molecule has 41 heavy (non-hydrogen) atoms. The van der Waals surface area contributed by atoms with Crippen molar-refractivity contribution in [1.29, 1.82) is 0 Å². The zero-order valence-electron chi connectivity index (χ0n) is 24.8. The third kappa shape index (κ3) is 7.11. The van der Waals surface area contributed by atoms with E-state index in [1.165, 1.54) is 10.4 Å². The number of hydrogen-bond donors (Lipinski definition) is 0. The molecular formula is C35H45NO4Si. The lowest BCUT2D eigenvalue weighted by molar-refractivity contribution is -0.0659. The molecule has 5 nitrogen and oxygen atoms in total. The number of carbonyl (C=O) groups is 1. The van der Waals surface area contributed by atoms with E-state index in [1.54, 1.807) is 0 Å². The minimum atomic E-state index is -2.54. The molecule has 1 heterocycles. The molecule has 1 saturated carbocycles. The van der Waals surface area contributed by atoms with Gasteiger partial charge in [-0.15, -0.1) is 0 Å². The third-order valence-electron chi connectivity index (χ3n) is 8.67. The maximum absolute atomic E-state index is 12.5. The first-order valence-electron chi connectivity index (χ1n) is 15.2. The van der Waals surface area contributed by atoms with E-state index in [9.17, 15) is 4.79 Å². The van der Waals surface area contributed by atoms with Crippen molar-refractivity contribution < 1.29 is 18.7 Å². The van der Waals surface area contributed by atoms with Gasteiger partial charge in [0.05, 0.1) is 12.2 Å². The monoisotopic (exact) mass is 571 g/mol. The van der Waals surface area contributed by atoms with Gasteiger partial charge in [0.1, 0.15) is 6.61 Å². The van der Waals surface area contributed by atoms with Gasteiger partial charge < -0.3 is 18.8 Å². The second-order valence-electron chi connectivity index (χ2n) is 12.5. The summed E-state index contributed by atoms with van der Waals surface area (Å²) in [5.74, 6) is 0. The Labute approximate surface area is 247 Å². The largest absolute Gasteiger partial charge is 0.445 e. The van der Waals surface area contributed by atoms with Crippen molar-refractivity contribution in [2.24, 2.45) is 0 Å².